The first kappa shape index (κ1) is 48.8. The Morgan fingerprint density at radius 2 is 0.534 bits per heavy atom. The van der Waals surface area contributed by atoms with Crippen LogP contribution < -0.4 is 0 Å². The second kappa shape index (κ2) is 18.5. The van der Waals surface area contributed by atoms with Crippen LogP contribution in [0, 0.1) is 22.7 Å². The predicted octanol–water partition coefficient (Wildman–Crippen LogP) is 21.9. The molecule has 0 N–H and O–H groups in total. The SMILES string of the molecule is N#Cc1cc(-n2c3ccc(-c4ccc5sc6ccccc6c5c4)cc3c3cc4c(cc32)c2ccccc2n4-c2ccccc2)c(C#N)cc1-n1c2ccc(-c3ccc4sc5ccccc5c4c3)cc2c2cc3c(cc21)c1ccccc1n3-c1ccccc1. The molecule has 6 nitrogen and oxygen atoms in total. The van der Waals surface area contributed by atoms with Crippen molar-refractivity contribution in [2.75, 3.05) is 0 Å². The number of fused-ring (bicyclic) bond motifs is 18. The number of benzene rings is 13. The zero-order valence-electron chi connectivity index (χ0n) is 46.9. The summed E-state index contributed by atoms with van der Waals surface area (Å²) in [4.78, 5) is 0. The smallest absolute Gasteiger partial charge is 0.101 e. The third kappa shape index (κ3) is 6.95. The number of aromatic nitrogens is 4. The van der Waals surface area contributed by atoms with Gasteiger partial charge in [-0.2, -0.15) is 10.5 Å². The zero-order chi connectivity index (χ0) is 57.9. The van der Waals surface area contributed by atoms with E-state index in [0.29, 0.717) is 22.5 Å². The summed E-state index contributed by atoms with van der Waals surface area (Å²) in [5.41, 5.74) is 16.9. The highest BCUT2D eigenvalue weighted by Crippen LogP contribution is 2.46. The number of rotatable bonds is 6. The molecule has 0 radical (unpaired) electrons. The maximum Gasteiger partial charge on any atom is 0.101 e. The van der Waals surface area contributed by atoms with Crippen LogP contribution in [0.3, 0.4) is 0 Å². The number of nitriles is 2. The van der Waals surface area contributed by atoms with Crippen molar-refractivity contribution < 1.29 is 0 Å². The van der Waals surface area contributed by atoms with E-state index in [2.05, 4.69) is 285 Å². The molecular formula is C80H44N6S2. The van der Waals surface area contributed by atoms with Gasteiger partial charge in [0.1, 0.15) is 12.1 Å². The second-order valence-electron chi connectivity index (χ2n) is 23.0. The zero-order valence-corrected chi connectivity index (χ0v) is 48.5. The Labute approximate surface area is 510 Å². The van der Waals surface area contributed by atoms with Gasteiger partial charge in [0, 0.05) is 94.8 Å². The highest BCUT2D eigenvalue weighted by molar-refractivity contribution is 7.26. The number of hydrogen-bond acceptors (Lipinski definition) is 4. The van der Waals surface area contributed by atoms with Crippen LogP contribution in [0.2, 0.25) is 0 Å². The summed E-state index contributed by atoms with van der Waals surface area (Å²) in [6.07, 6.45) is 0. The first-order valence-corrected chi connectivity index (χ1v) is 31.1. The lowest BCUT2D eigenvalue weighted by Crippen LogP contribution is -2.04. The Kier molecular flexibility index (Phi) is 10.3. The molecule has 0 saturated heterocycles. The molecule has 0 fully saturated rings. The van der Waals surface area contributed by atoms with Gasteiger partial charge in [0.05, 0.1) is 66.6 Å². The number of para-hydroxylation sites is 4. The van der Waals surface area contributed by atoms with Crippen LogP contribution in [0.4, 0.5) is 0 Å². The van der Waals surface area contributed by atoms with E-state index in [9.17, 15) is 10.5 Å². The second-order valence-corrected chi connectivity index (χ2v) is 25.2. The number of thiophene rings is 2. The quantitative estimate of drug-likeness (QED) is 0.166. The van der Waals surface area contributed by atoms with Crippen LogP contribution >= 0.6 is 22.7 Å². The molecule has 0 amide bonds. The molecule has 0 aliphatic rings. The van der Waals surface area contributed by atoms with Gasteiger partial charge in [-0.1, -0.05) is 133 Å². The van der Waals surface area contributed by atoms with Crippen molar-refractivity contribution >= 4 is 150 Å². The summed E-state index contributed by atoms with van der Waals surface area (Å²) in [6.45, 7) is 0. The van der Waals surface area contributed by atoms with E-state index >= 15 is 0 Å². The van der Waals surface area contributed by atoms with Crippen molar-refractivity contribution in [1.82, 2.24) is 18.3 Å². The van der Waals surface area contributed by atoms with Crippen molar-refractivity contribution in [3.63, 3.8) is 0 Å². The van der Waals surface area contributed by atoms with E-state index in [1.165, 1.54) is 40.3 Å². The third-order valence-corrected chi connectivity index (χ3v) is 20.7. The maximum absolute atomic E-state index is 11.8. The molecule has 0 spiro atoms. The summed E-state index contributed by atoms with van der Waals surface area (Å²) in [5, 5.41) is 37.1. The monoisotopic (exact) mass is 1150 g/mol. The molecule has 6 heterocycles. The van der Waals surface area contributed by atoms with E-state index in [4.69, 9.17) is 0 Å². The summed E-state index contributed by atoms with van der Waals surface area (Å²) in [5.74, 6) is 0. The molecule has 19 rings (SSSR count). The highest BCUT2D eigenvalue weighted by atomic mass is 32.1. The van der Waals surface area contributed by atoms with Crippen molar-refractivity contribution in [2.24, 2.45) is 0 Å². The minimum absolute atomic E-state index is 0.447. The topological polar surface area (TPSA) is 67.3 Å². The molecule has 88 heavy (non-hydrogen) atoms. The molecule has 0 bridgehead atoms. The molecule has 6 aromatic heterocycles. The first-order valence-electron chi connectivity index (χ1n) is 29.5. The molecule has 13 aromatic carbocycles. The standard InChI is InChI=1S/C80H44N6S2/c81-45-51-40-72(86-70-32-28-48(50-30-34-80-66(38-50)58-22-10-14-26-78(58)88-80)36-60(70)64-44-74-62(42-76(64)86)56-20-8-12-24-68(56)84(74)54-17-5-2-6-18-54)52(46-82)39-71(51)85-69-31-27-47(49-29-33-79-65(37-49)57-21-9-13-25-77(57)87-79)35-59(69)63-43-73-61(41-75(63)85)55-19-7-11-23-67(55)83(73)53-15-3-1-4-16-53/h1-44H. The fourth-order valence-corrected chi connectivity index (χ4v) is 16.7. The van der Waals surface area contributed by atoms with Gasteiger partial charge in [0.25, 0.3) is 0 Å². The third-order valence-electron chi connectivity index (χ3n) is 18.4. The van der Waals surface area contributed by atoms with E-state index < -0.39 is 0 Å². The molecule has 19 aromatic rings. The van der Waals surface area contributed by atoms with Gasteiger partial charge in [-0.15, -0.1) is 22.7 Å². The molecule has 8 heteroatoms. The Hall–Kier alpha value is -11.5. The van der Waals surface area contributed by atoms with Gasteiger partial charge < -0.3 is 18.3 Å². The van der Waals surface area contributed by atoms with Crippen molar-refractivity contribution in [2.45, 2.75) is 0 Å². The van der Waals surface area contributed by atoms with Gasteiger partial charge in [-0.25, -0.2) is 0 Å². The number of hydrogen-bond donors (Lipinski definition) is 0. The summed E-state index contributed by atoms with van der Waals surface area (Å²) in [7, 11) is 0. The van der Waals surface area contributed by atoms with Gasteiger partial charge in [0.2, 0.25) is 0 Å². The minimum Gasteiger partial charge on any atom is -0.309 e. The molecule has 0 atom stereocenters. The lowest BCUT2D eigenvalue weighted by Gasteiger charge is -2.16. The van der Waals surface area contributed by atoms with Crippen molar-refractivity contribution in [3.05, 3.63) is 278 Å². The summed E-state index contributed by atoms with van der Waals surface area (Å²) in [6, 6.07) is 101. The average Bonchev–Trinajstić information content (AvgIpc) is 1.70. The maximum atomic E-state index is 11.8. The Morgan fingerprint density at radius 3 is 0.955 bits per heavy atom. The van der Waals surface area contributed by atoms with Crippen LogP contribution in [-0.4, -0.2) is 18.3 Å². The molecule has 0 aliphatic heterocycles. The summed E-state index contributed by atoms with van der Waals surface area (Å²) >= 11 is 3.65. The molecule has 0 aliphatic carbocycles. The van der Waals surface area contributed by atoms with E-state index in [1.807, 2.05) is 34.8 Å². The van der Waals surface area contributed by atoms with Crippen LogP contribution in [0.25, 0.3) is 173 Å². The van der Waals surface area contributed by atoms with E-state index in [-0.39, 0.29) is 0 Å². The largest absolute Gasteiger partial charge is 0.309 e. The molecular weight excluding hydrogens is 1110 g/mol. The predicted molar refractivity (Wildman–Crippen MR) is 370 cm³/mol. The normalized spacial score (nSPS) is 12.1. The van der Waals surface area contributed by atoms with Gasteiger partial charge in [-0.05, 0) is 156 Å². The Morgan fingerprint density at radius 1 is 0.227 bits per heavy atom. The first-order chi connectivity index (χ1) is 43.5. The molecule has 0 unspecified atom stereocenters. The van der Waals surface area contributed by atoms with Crippen LogP contribution in [-0.2, 0) is 0 Å². The molecule has 0 saturated carbocycles. The van der Waals surface area contributed by atoms with E-state index in [0.717, 1.165) is 121 Å². The van der Waals surface area contributed by atoms with Gasteiger partial charge in [-0.3, -0.25) is 0 Å². The minimum atomic E-state index is 0.447. The van der Waals surface area contributed by atoms with E-state index in [1.54, 1.807) is 0 Å². The lowest BCUT2D eigenvalue weighted by atomic mass is 10.0. The van der Waals surface area contributed by atoms with Crippen molar-refractivity contribution in [1.29, 1.82) is 10.5 Å². The fourth-order valence-electron chi connectivity index (χ4n) is 14.5. The lowest BCUT2D eigenvalue weighted by molar-refractivity contribution is 1.12. The molecule has 406 valence electrons. The number of nitrogens with zero attached hydrogens (tertiary/aromatic N) is 6. The highest BCUT2D eigenvalue weighted by Gasteiger charge is 2.26. The van der Waals surface area contributed by atoms with Gasteiger partial charge in [0.15, 0.2) is 0 Å². The van der Waals surface area contributed by atoms with Crippen LogP contribution in [0.5, 0.6) is 0 Å². The Balaban J connectivity index is 0.873. The Bertz CT molecular complexity index is 5940. The van der Waals surface area contributed by atoms with Gasteiger partial charge >= 0.3 is 0 Å². The average molecular weight is 1150 g/mol. The van der Waals surface area contributed by atoms with Crippen molar-refractivity contribution in [3.8, 4) is 57.1 Å². The summed E-state index contributed by atoms with van der Waals surface area (Å²) < 4.78 is 14.3. The van der Waals surface area contributed by atoms with Crippen LogP contribution in [0.1, 0.15) is 11.1 Å². The van der Waals surface area contributed by atoms with Crippen LogP contribution in [0.15, 0.2) is 267 Å². The fraction of sp³-hybridized carbons (Fsp3) is 0.